The van der Waals surface area contributed by atoms with E-state index < -0.39 is 0 Å². The Morgan fingerprint density at radius 1 is 1.42 bits per heavy atom. The molecule has 1 nitrogen and oxygen atoms in total. The van der Waals surface area contributed by atoms with Crippen LogP contribution in [-0.4, -0.2) is 6.21 Å². The summed E-state index contributed by atoms with van der Waals surface area (Å²) in [7, 11) is 0. The van der Waals surface area contributed by atoms with Crippen molar-refractivity contribution in [3.63, 3.8) is 0 Å². The van der Waals surface area contributed by atoms with E-state index in [4.69, 9.17) is 0 Å². The summed E-state index contributed by atoms with van der Waals surface area (Å²) in [6, 6.07) is 4.25. The molecule has 12 heavy (non-hydrogen) atoms. The van der Waals surface area contributed by atoms with Crippen LogP contribution in [0.15, 0.2) is 21.6 Å². The molecule has 0 unspecified atom stereocenters. The Kier molecular flexibility index (Phi) is 2.33. The number of aliphatic imine (C=N–C) groups is 1. The van der Waals surface area contributed by atoms with Crippen molar-refractivity contribution in [1.29, 1.82) is 0 Å². The molecule has 0 fully saturated rings. The van der Waals surface area contributed by atoms with E-state index in [1.54, 1.807) is 0 Å². The molecule has 1 heterocycles. The number of hydrogen-bond acceptors (Lipinski definition) is 1. The molecule has 1 aliphatic heterocycles. The molecular weight excluding hydrogens is 282 g/mol. The van der Waals surface area contributed by atoms with E-state index in [2.05, 4.69) is 49.0 Å². The number of hydrogen-bond donors (Lipinski definition) is 0. The molecule has 0 spiro atoms. The SMILES string of the molecule is BrCc1cc(Br)cc2c1CN=C2. The number of benzene rings is 1. The van der Waals surface area contributed by atoms with Crippen molar-refractivity contribution >= 4 is 38.1 Å². The van der Waals surface area contributed by atoms with Gasteiger partial charge in [0, 0.05) is 16.0 Å². The van der Waals surface area contributed by atoms with Crippen LogP contribution in [0.1, 0.15) is 16.7 Å². The maximum Gasteiger partial charge on any atom is 0.0649 e. The predicted molar refractivity (Wildman–Crippen MR) is 58.1 cm³/mol. The normalized spacial score (nSPS) is 13.5. The highest BCUT2D eigenvalue weighted by atomic mass is 79.9. The molecule has 0 amide bonds. The minimum atomic E-state index is 0.837. The summed E-state index contributed by atoms with van der Waals surface area (Å²) >= 11 is 6.94. The third-order valence-corrected chi connectivity index (χ3v) is 3.03. The highest BCUT2D eigenvalue weighted by Crippen LogP contribution is 2.25. The lowest BCUT2D eigenvalue weighted by molar-refractivity contribution is 1.08. The number of nitrogens with zero attached hydrogens (tertiary/aromatic N) is 1. The first-order valence-electron chi connectivity index (χ1n) is 3.68. The molecule has 0 aromatic heterocycles. The number of fused-ring (bicyclic) bond motifs is 1. The van der Waals surface area contributed by atoms with Gasteiger partial charge in [-0.2, -0.15) is 0 Å². The van der Waals surface area contributed by atoms with Gasteiger partial charge >= 0.3 is 0 Å². The molecule has 0 atom stereocenters. The van der Waals surface area contributed by atoms with Crippen LogP contribution in [0.2, 0.25) is 0 Å². The first kappa shape index (κ1) is 8.45. The van der Waals surface area contributed by atoms with Crippen LogP contribution in [0, 0.1) is 0 Å². The molecule has 3 heteroatoms. The molecule has 0 N–H and O–H groups in total. The van der Waals surface area contributed by atoms with Crippen molar-refractivity contribution in [3.05, 3.63) is 33.3 Å². The van der Waals surface area contributed by atoms with E-state index in [0.29, 0.717) is 0 Å². The molecule has 0 saturated heterocycles. The molecule has 62 valence electrons. The van der Waals surface area contributed by atoms with Gasteiger partial charge in [-0.25, -0.2) is 0 Å². The largest absolute Gasteiger partial charge is 0.288 e. The van der Waals surface area contributed by atoms with Gasteiger partial charge in [0.1, 0.15) is 0 Å². The third kappa shape index (κ3) is 1.36. The van der Waals surface area contributed by atoms with Crippen LogP contribution in [0.3, 0.4) is 0 Å². The van der Waals surface area contributed by atoms with Crippen molar-refractivity contribution in [2.75, 3.05) is 0 Å². The topological polar surface area (TPSA) is 12.4 Å². The molecule has 2 rings (SSSR count). The Bertz CT molecular complexity index is 345. The second-order valence-corrected chi connectivity index (χ2v) is 4.21. The van der Waals surface area contributed by atoms with Crippen LogP contribution >= 0.6 is 31.9 Å². The standard InChI is InChI=1S/C9H7Br2N/c10-3-6-1-8(11)2-7-4-12-5-9(6)7/h1-2,4H,3,5H2. The number of halogens is 2. The van der Waals surface area contributed by atoms with Crippen LogP contribution in [0.4, 0.5) is 0 Å². The summed E-state index contributed by atoms with van der Waals surface area (Å²) < 4.78 is 1.13. The maximum absolute atomic E-state index is 4.23. The van der Waals surface area contributed by atoms with Crippen LogP contribution in [0.5, 0.6) is 0 Å². The van der Waals surface area contributed by atoms with Crippen LogP contribution in [0.25, 0.3) is 0 Å². The van der Waals surface area contributed by atoms with Crippen LogP contribution < -0.4 is 0 Å². The zero-order valence-corrected chi connectivity index (χ0v) is 9.52. The first-order valence-corrected chi connectivity index (χ1v) is 5.60. The quantitative estimate of drug-likeness (QED) is 0.704. The fraction of sp³-hybridized carbons (Fsp3) is 0.222. The Hall–Kier alpha value is -0.150. The van der Waals surface area contributed by atoms with E-state index >= 15 is 0 Å². The Balaban J connectivity index is 2.59. The van der Waals surface area contributed by atoms with E-state index in [0.717, 1.165) is 16.3 Å². The van der Waals surface area contributed by atoms with Crippen molar-refractivity contribution in [2.45, 2.75) is 11.9 Å². The summed E-state index contributed by atoms with van der Waals surface area (Å²) in [6.07, 6.45) is 1.94. The van der Waals surface area contributed by atoms with Crippen molar-refractivity contribution in [3.8, 4) is 0 Å². The summed E-state index contributed by atoms with van der Waals surface area (Å²) in [5.41, 5.74) is 3.94. The second-order valence-electron chi connectivity index (χ2n) is 2.74. The zero-order valence-electron chi connectivity index (χ0n) is 6.35. The van der Waals surface area contributed by atoms with E-state index in [-0.39, 0.29) is 0 Å². The van der Waals surface area contributed by atoms with Crippen molar-refractivity contribution in [2.24, 2.45) is 4.99 Å². The van der Waals surface area contributed by atoms with Crippen molar-refractivity contribution in [1.82, 2.24) is 0 Å². The average molecular weight is 289 g/mol. The Labute approximate surface area is 88.2 Å². The highest BCUT2D eigenvalue weighted by Gasteiger charge is 2.11. The molecule has 1 aromatic rings. The maximum atomic E-state index is 4.23. The van der Waals surface area contributed by atoms with Gasteiger partial charge < -0.3 is 0 Å². The van der Waals surface area contributed by atoms with Crippen LogP contribution in [-0.2, 0) is 11.9 Å². The lowest BCUT2D eigenvalue weighted by Crippen LogP contribution is -1.91. The molecule has 1 aliphatic rings. The van der Waals surface area contributed by atoms with Gasteiger partial charge in [-0.15, -0.1) is 0 Å². The second kappa shape index (κ2) is 3.30. The lowest BCUT2D eigenvalue weighted by atomic mass is 10.1. The van der Waals surface area contributed by atoms with Gasteiger partial charge in [0.25, 0.3) is 0 Å². The molecule has 0 bridgehead atoms. The van der Waals surface area contributed by atoms with Gasteiger partial charge in [-0.1, -0.05) is 31.9 Å². The van der Waals surface area contributed by atoms with E-state index in [9.17, 15) is 0 Å². The summed E-state index contributed by atoms with van der Waals surface area (Å²) in [4.78, 5) is 4.23. The average Bonchev–Trinajstić information content (AvgIpc) is 2.50. The third-order valence-electron chi connectivity index (χ3n) is 1.97. The van der Waals surface area contributed by atoms with E-state index in [1.165, 1.54) is 16.7 Å². The van der Waals surface area contributed by atoms with Gasteiger partial charge in [0.15, 0.2) is 0 Å². The monoisotopic (exact) mass is 287 g/mol. The minimum absolute atomic E-state index is 0.837. The zero-order chi connectivity index (χ0) is 8.55. The Morgan fingerprint density at radius 2 is 2.25 bits per heavy atom. The van der Waals surface area contributed by atoms with Crippen molar-refractivity contribution < 1.29 is 0 Å². The molecular formula is C9H7Br2N. The van der Waals surface area contributed by atoms with Gasteiger partial charge in [-0.05, 0) is 28.8 Å². The lowest BCUT2D eigenvalue weighted by Gasteiger charge is -2.04. The highest BCUT2D eigenvalue weighted by molar-refractivity contribution is 9.10. The van der Waals surface area contributed by atoms with Gasteiger partial charge in [-0.3, -0.25) is 4.99 Å². The molecule has 0 aliphatic carbocycles. The summed E-state index contributed by atoms with van der Waals surface area (Å²) in [5.74, 6) is 0. The molecule has 1 aromatic carbocycles. The predicted octanol–water partition coefficient (Wildman–Crippen LogP) is 3.28. The summed E-state index contributed by atoms with van der Waals surface area (Å²) in [5, 5.41) is 0.901. The summed E-state index contributed by atoms with van der Waals surface area (Å²) in [6.45, 7) is 0.837. The smallest absolute Gasteiger partial charge is 0.0649 e. The first-order chi connectivity index (χ1) is 5.81. The van der Waals surface area contributed by atoms with Gasteiger partial charge in [0.05, 0.1) is 6.54 Å². The Morgan fingerprint density at radius 3 is 3.00 bits per heavy atom. The molecule has 0 radical (unpaired) electrons. The van der Waals surface area contributed by atoms with Gasteiger partial charge in [0.2, 0.25) is 0 Å². The fourth-order valence-corrected chi connectivity index (χ4v) is 2.40. The molecule has 0 saturated carbocycles. The minimum Gasteiger partial charge on any atom is -0.288 e. The number of alkyl halides is 1. The van der Waals surface area contributed by atoms with E-state index in [1.807, 2.05) is 6.21 Å². The fourth-order valence-electron chi connectivity index (χ4n) is 1.38. The number of rotatable bonds is 1.